The van der Waals surface area contributed by atoms with E-state index in [1.807, 2.05) is 121 Å². The van der Waals surface area contributed by atoms with Crippen molar-refractivity contribution in [1.82, 2.24) is 5.32 Å². The number of anilines is 1. The van der Waals surface area contributed by atoms with E-state index in [1.54, 1.807) is 18.7 Å². The molecule has 0 heterocycles. The summed E-state index contributed by atoms with van der Waals surface area (Å²) in [5, 5.41) is 3.09. The average Bonchev–Trinajstić information content (AvgIpc) is 2.94. The van der Waals surface area contributed by atoms with E-state index in [1.165, 1.54) is 0 Å². The molecular formula is C32H32N2O3S. The van der Waals surface area contributed by atoms with Crippen LogP contribution in [0.25, 0.3) is 0 Å². The maximum atomic E-state index is 13.5. The predicted octanol–water partition coefficient (Wildman–Crippen LogP) is 7.42. The van der Waals surface area contributed by atoms with Crippen molar-refractivity contribution in [3.05, 3.63) is 126 Å². The zero-order valence-corrected chi connectivity index (χ0v) is 22.5. The van der Waals surface area contributed by atoms with Crippen molar-refractivity contribution < 1.29 is 14.3 Å². The first kappa shape index (κ1) is 27.0. The molecule has 0 fully saturated rings. The quantitative estimate of drug-likeness (QED) is 0.219. The minimum atomic E-state index is -0.223. The lowest BCUT2D eigenvalue weighted by Crippen LogP contribution is -2.41. The molecule has 0 aliphatic heterocycles. The Labute approximate surface area is 228 Å². The highest BCUT2D eigenvalue weighted by atomic mass is 32.2. The summed E-state index contributed by atoms with van der Waals surface area (Å²) in [6, 6.07) is 35.5. The van der Waals surface area contributed by atoms with Crippen LogP contribution in [0.5, 0.6) is 0 Å². The fourth-order valence-electron chi connectivity index (χ4n) is 4.14. The van der Waals surface area contributed by atoms with Crippen LogP contribution in [0.15, 0.2) is 119 Å². The zero-order valence-electron chi connectivity index (χ0n) is 21.7. The molecule has 0 saturated heterocycles. The number of amides is 2. The van der Waals surface area contributed by atoms with Crippen LogP contribution in [0.4, 0.5) is 10.5 Å². The Kier molecular flexibility index (Phi) is 9.59. The number of urea groups is 1. The monoisotopic (exact) mass is 524 g/mol. The van der Waals surface area contributed by atoms with Crippen LogP contribution < -0.4 is 10.2 Å². The maximum absolute atomic E-state index is 13.5. The van der Waals surface area contributed by atoms with Crippen molar-refractivity contribution in [3.63, 3.8) is 0 Å². The molecule has 4 rings (SSSR count). The largest absolute Gasteiger partial charge is 0.466 e. The number of esters is 1. The standard InChI is InChI=1S/C32H32N2O3S/c1-3-37-31(35)21-25-17-19-29(20-18-25)38-30-16-10-15-28(22-30)34(24(2)27-13-8-5-9-14-27)32(36)33-23-26-11-6-4-7-12-26/h4-20,22,24H,3,21,23H2,1-2H3,(H,33,36). The summed E-state index contributed by atoms with van der Waals surface area (Å²) in [4.78, 5) is 29.2. The topological polar surface area (TPSA) is 58.6 Å². The van der Waals surface area contributed by atoms with Gasteiger partial charge in [-0.2, -0.15) is 0 Å². The zero-order chi connectivity index (χ0) is 26.7. The Morgan fingerprint density at radius 3 is 2.18 bits per heavy atom. The fraction of sp³-hybridized carbons (Fsp3) is 0.188. The molecule has 194 valence electrons. The second-order valence-electron chi connectivity index (χ2n) is 8.83. The highest BCUT2D eigenvalue weighted by molar-refractivity contribution is 7.99. The van der Waals surface area contributed by atoms with Crippen molar-refractivity contribution in [2.24, 2.45) is 0 Å². The van der Waals surface area contributed by atoms with Crippen LogP contribution in [0.2, 0.25) is 0 Å². The van der Waals surface area contributed by atoms with Crippen LogP contribution in [0.3, 0.4) is 0 Å². The minimum Gasteiger partial charge on any atom is -0.466 e. The van der Waals surface area contributed by atoms with Gasteiger partial charge in [-0.1, -0.05) is 90.6 Å². The summed E-state index contributed by atoms with van der Waals surface area (Å²) in [7, 11) is 0. The van der Waals surface area contributed by atoms with Crippen molar-refractivity contribution in [1.29, 1.82) is 0 Å². The van der Waals surface area contributed by atoms with Crippen LogP contribution in [-0.4, -0.2) is 18.6 Å². The fourth-order valence-corrected chi connectivity index (χ4v) is 5.01. The van der Waals surface area contributed by atoms with E-state index in [-0.39, 0.29) is 24.5 Å². The first-order chi connectivity index (χ1) is 18.5. The van der Waals surface area contributed by atoms with Gasteiger partial charge >= 0.3 is 12.0 Å². The van der Waals surface area contributed by atoms with Crippen molar-refractivity contribution in [2.75, 3.05) is 11.5 Å². The van der Waals surface area contributed by atoms with Gasteiger partial charge in [0.25, 0.3) is 0 Å². The summed E-state index contributed by atoms with van der Waals surface area (Å²) in [5.74, 6) is -0.223. The lowest BCUT2D eigenvalue weighted by molar-refractivity contribution is -0.142. The van der Waals surface area contributed by atoms with Crippen molar-refractivity contribution >= 4 is 29.4 Å². The number of hydrogen-bond acceptors (Lipinski definition) is 4. The Morgan fingerprint density at radius 2 is 1.50 bits per heavy atom. The van der Waals surface area contributed by atoms with Gasteiger partial charge in [0.1, 0.15) is 0 Å². The van der Waals surface area contributed by atoms with Gasteiger partial charge in [-0.3, -0.25) is 9.69 Å². The van der Waals surface area contributed by atoms with E-state index >= 15 is 0 Å². The highest BCUT2D eigenvalue weighted by Gasteiger charge is 2.23. The lowest BCUT2D eigenvalue weighted by atomic mass is 10.1. The van der Waals surface area contributed by atoms with Crippen LogP contribution >= 0.6 is 11.8 Å². The summed E-state index contributed by atoms with van der Waals surface area (Å²) in [5.41, 5.74) is 3.83. The van der Waals surface area contributed by atoms with Gasteiger partial charge < -0.3 is 10.1 Å². The van der Waals surface area contributed by atoms with Crippen LogP contribution in [-0.2, 0) is 22.5 Å². The third kappa shape index (κ3) is 7.49. The molecule has 0 aliphatic rings. The number of carbonyl (C=O) groups is 2. The van der Waals surface area contributed by atoms with Gasteiger partial charge in [0.05, 0.1) is 19.1 Å². The molecule has 1 unspecified atom stereocenters. The second-order valence-corrected chi connectivity index (χ2v) is 9.97. The third-order valence-electron chi connectivity index (χ3n) is 6.08. The van der Waals surface area contributed by atoms with E-state index in [2.05, 4.69) is 5.32 Å². The number of carbonyl (C=O) groups excluding carboxylic acids is 2. The predicted molar refractivity (Wildman–Crippen MR) is 153 cm³/mol. The molecule has 0 bridgehead atoms. The van der Waals surface area contributed by atoms with Crippen molar-refractivity contribution in [2.45, 2.75) is 42.6 Å². The lowest BCUT2D eigenvalue weighted by Gasteiger charge is -2.30. The number of benzene rings is 4. The molecule has 0 radical (unpaired) electrons. The SMILES string of the molecule is CCOC(=O)Cc1ccc(Sc2cccc(N(C(=O)NCc3ccccc3)C(C)c3ccccc3)c2)cc1. The molecule has 5 nitrogen and oxygen atoms in total. The molecule has 4 aromatic rings. The molecule has 0 saturated carbocycles. The molecule has 0 aliphatic carbocycles. The van der Waals surface area contributed by atoms with Gasteiger partial charge in [0.15, 0.2) is 0 Å². The molecule has 0 aromatic heterocycles. The molecule has 1 atom stereocenters. The summed E-state index contributed by atoms with van der Waals surface area (Å²) < 4.78 is 5.04. The van der Waals surface area contributed by atoms with E-state index in [4.69, 9.17) is 4.74 Å². The minimum absolute atomic E-state index is 0.157. The molecule has 2 amide bonds. The Morgan fingerprint density at radius 1 is 0.816 bits per heavy atom. The first-order valence-electron chi connectivity index (χ1n) is 12.7. The van der Waals surface area contributed by atoms with Crippen LogP contribution in [0, 0.1) is 0 Å². The van der Waals surface area contributed by atoms with E-state index in [9.17, 15) is 9.59 Å². The van der Waals surface area contributed by atoms with Gasteiger partial charge in [0, 0.05) is 22.0 Å². The Bertz CT molecular complexity index is 1330. The summed E-state index contributed by atoms with van der Waals surface area (Å²) >= 11 is 1.61. The number of nitrogens with one attached hydrogen (secondary N) is 1. The normalized spacial score (nSPS) is 11.4. The summed E-state index contributed by atoms with van der Waals surface area (Å²) in [6.07, 6.45) is 0.263. The van der Waals surface area contributed by atoms with Gasteiger partial charge in [-0.15, -0.1) is 0 Å². The molecule has 4 aromatic carbocycles. The van der Waals surface area contributed by atoms with E-state index in [0.29, 0.717) is 13.2 Å². The summed E-state index contributed by atoms with van der Waals surface area (Å²) in [6.45, 7) is 4.68. The molecule has 1 N–H and O–H groups in total. The smallest absolute Gasteiger partial charge is 0.322 e. The molecule has 0 spiro atoms. The molecular weight excluding hydrogens is 492 g/mol. The van der Waals surface area contributed by atoms with Gasteiger partial charge in [-0.25, -0.2) is 4.79 Å². The number of rotatable bonds is 10. The van der Waals surface area contributed by atoms with Crippen LogP contribution in [0.1, 0.15) is 36.6 Å². The molecule has 6 heteroatoms. The highest BCUT2D eigenvalue weighted by Crippen LogP contribution is 2.33. The second kappa shape index (κ2) is 13.5. The number of nitrogens with zero attached hydrogens (tertiary/aromatic N) is 1. The third-order valence-corrected chi connectivity index (χ3v) is 7.08. The van der Waals surface area contributed by atoms with E-state index < -0.39 is 0 Å². The number of hydrogen-bond donors (Lipinski definition) is 1. The number of ether oxygens (including phenoxy) is 1. The van der Waals surface area contributed by atoms with Gasteiger partial charge in [-0.05, 0) is 60.9 Å². The van der Waals surface area contributed by atoms with Crippen molar-refractivity contribution in [3.8, 4) is 0 Å². The Hall–Kier alpha value is -4.03. The molecule has 38 heavy (non-hydrogen) atoms. The van der Waals surface area contributed by atoms with E-state index in [0.717, 1.165) is 32.2 Å². The van der Waals surface area contributed by atoms with Gasteiger partial charge in [0.2, 0.25) is 0 Å². The maximum Gasteiger partial charge on any atom is 0.322 e. The average molecular weight is 525 g/mol. The Balaban J connectivity index is 1.53. The first-order valence-corrected chi connectivity index (χ1v) is 13.5.